The highest BCUT2D eigenvalue weighted by Gasteiger charge is 2.39. The lowest BCUT2D eigenvalue weighted by Gasteiger charge is -2.46. The minimum atomic E-state index is 0.396. The van der Waals surface area contributed by atoms with Gasteiger partial charge in [-0.3, -0.25) is 4.90 Å². The molecule has 0 unspecified atom stereocenters. The molecule has 1 heterocycles. The second kappa shape index (κ2) is 6.92. The minimum absolute atomic E-state index is 0.396. The summed E-state index contributed by atoms with van der Waals surface area (Å²) in [5, 5.41) is 10.3. The number of aryl methyl sites for hydroxylation is 2. The van der Waals surface area contributed by atoms with Gasteiger partial charge in [-0.25, -0.2) is 0 Å². The molecule has 0 aromatic heterocycles. The van der Waals surface area contributed by atoms with Crippen molar-refractivity contribution < 1.29 is 5.11 Å². The maximum Gasteiger partial charge on any atom is 0.129 e. The average molecular weight is 447 g/mol. The van der Waals surface area contributed by atoms with Gasteiger partial charge in [-0.15, -0.1) is 0 Å². The number of nitrogens with zero attached hydrogens (tertiary/aromatic N) is 1. The van der Waals surface area contributed by atoms with Crippen LogP contribution in [0.25, 0.3) is 0 Å². The van der Waals surface area contributed by atoms with Gasteiger partial charge in [0.25, 0.3) is 0 Å². The first kappa shape index (κ1) is 17.3. The molecule has 0 amide bonds. The molecule has 132 valence electrons. The Morgan fingerprint density at radius 1 is 1.16 bits per heavy atom. The van der Waals surface area contributed by atoms with Crippen LogP contribution in [0.5, 0.6) is 5.75 Å². The standard InChI is InChI=1S/C22H26INO/c1-3-4-9-24-13-16-10-14(2)5-7-17(16)22-18-12-21(25)19(23)11-15(18)6-8-20(22)24/h5,7,10-12,20,22,25H,3-4,6,8-9,13H2,1-2H3/t20-,22-/m0/s1. The topological polar surface area (TPSA) is 23.5 Å². The molecular formula is C22H26INO. The molecule has 0 fully saturated rings. The number of phenols is 1. The maximum absolute atomic E-state index is 10.3. The first-order valence-corrected chi connectivity index (χ1v) is 10.5. The summed E-state index contributed by atoms with van der Waals surface area (Å²) >= 11 is 2.24. The summed E-state index contributed by atoms with van der Waals surface area (Å²) < 4.78 is 0.970. The van der Waals surface area contributed by atoms with E-state index >= 15 is 0 Å². The zero-order chi connectivity index (χ0) is 17.6. The molecule has 3 heteroatoms. The van der Waals surface area contributed by atoms with Crippen molar-refractivity contribution in [3.63, 3.8) is 0 Å². The van der Waals surface area contributed by atoms with Crippen LogP contribution in [-0.2, 0) is 13.0 Å². The van der Waals surface area contributed by atoms with Crippen molar-refractivity contribution in [1.29, 1.82) is 0 Å². The van der Waals surface area contributed by atoms with Crippen LogP contribution >= 0.6 is 22.6 Å². The molecule has 1 N–H and O–H groups in total. The molecule has 0 saturated carbocycles. The highest BCUT2D eigenvalue weighted by Crippen LogP contribution is 2.46. The Balaban J connectivity index is 1.84. The predicted octanol–water partition coefficient (Wildman–Crippen LogP) is 5.37. The van der Waals surface area contributed by atoms with Gasteiger partial charge >= 0.3 is 0 Å². The molecule has 0 radical (unpaired) electrons. The summed E-state index contributed by atoms with van der Waals surface area (Å²) in [6.07, 6.45) is 4.84. The van der Waals surface area contributed by atoms with E-state index in [0.29, 0.717) is 17.7 Å². The van der Waals surface area contributed by atoms with Crippen molar-refractivity contribution in [3.05, 3.63) is 61.7 Å². The summed E-state index contributed by atoms with van der Waals surface area (Å²) in [5.41, 5.74) is 7.06. The number of benzene rings is 2. The highest BCUT2D eigenvalue weighted by atomic mass is 127. The van der Waals surface area contributed by atoms with Crippen LogP contribution in [0.4, 0.5) is 0 Å². The molecule has 2 aromatic rings. The Morgan fingerprint density at radius 2 is 2.00 bits per heavy atom. The van der Waals surface area contributed by atoms with Crippen LogP contribution in [0.3, 0.4) is 0 Å². The molecule has 25 heavy (non-hydrogen) atoms. The Kier molecular flexibility index (Phi) is 4.80. The normalized spacial score (nSPS) is 22.2. The number of phenolic OH excluding ortho intramolecular Hbond substituents is 1. The van der Waals surface area contributed by atoms with E-state index < -0.39 is 0 Å². The first-order chi connectivity index (χ1) is 12.1. The molecule has 0 saturated heterocycles. The van der Waals surface area contributed by atoms with E-state index in [1.54, 1.807) is 0 Å². The number of aromatic hydroxyl groups is 1. The van der Waals surface area contributed by atoms with E-state index in [1.807, 2.05) is 6.07 Å². The minimum Gasteiger partial charge on any atom is -0.507 e. The predicted molar refractivity (Wildman–Crippen MR) is 111 cm³/mol. The summed E-state index contributed by atoms with van der Waals surface area (Å²) in [4.78, 5) is 2.70. The van der Waals surface area contributed by atoms with Gasteiger partial charge in [-0.1, -0.05) is 37.1 Å². The molecule has 2 nitrogen and oxygen atoms in total. The van der Waals surface area contributed by atoms with Crippen LogP contribution in [0.1, 0.15) is 59.9 Å². The van der Waals surface area contributed by atoms with Gasteiger partial charge in [0.1, 0.15) is 5.75 Å². The maximum atomic E-state index is 10.3. The Bertz CT molecular complexity index is 801. The Labute approximate surface area is 164 Å². The highest BCUT2D eigenvalue weighted by molar-refractivity contribution is 14.1. The number of halogens is 1. The van der Waals surface area contributed by atoms with Crippen molar-refractivity contribution in [3.8, 4) is 5.75 Å². The largest absolute Gasteiger partial charge is 0.507 e. The fraction of sp³-hybridized carbons (Fsp3) is 0.455. The molecular weight excluding hydrogens is 421 g/mol. The van der Waals surface area contributed by atoms with Crippen LogP contribution in [0.15, 0.2) is 30.3 Å². The van der Waals surface area contributed by atoms with Crippen LogP contribution in [0.2, 0.25) is 0 Å². The van der Waals surface area contributed by atoms with E-state index in [9.17, 15) is 5.11 Å². The van der Waals surface area contributed by atoms with E-state index in [4.69, 9.17) is 0 Å². The van der Waals surface area contributed by atoms with Crippen molar-refractivity contribution in [2.45, 2.75) is 58.0 Å². The van der Waals surface area contributed by atoms with E-state index in [2.05, 4.69) is 65.6 Å². The fourth-order valence-corrected chi connectivity index (χ4v) is 5.22. The number of hydrogen-bond donors (Lipinski definition) is 1. The molecule has 1 aliphatic heterocycles. The van der Waals surface area contributed by atoms with E-state index in [0.717, 1.165) is 16.5 Å². The second-order valence-electron chi connectivity index (χ2n) is 7.61. The van der Waals surface area contributed by atoms with Crippen LogP contribution < -0.4 is 0 Å². The lowest BCUT2D eigenvalue weighted by Crippen LogP contribution is -2.46. The van der Waals surface area contributed by atoms with Gasteiger partial charge in [0, 0.05) is 18.5 Å². The van der Waals surface area contributed by atoms with Gasteiger partial charge in [-0.2, -0.15) is 0 Å². The van der Waals surface area contributed by atoms with E-state index in [1.165, 1.54) is 53.6 Å². The number of unbranched alkanes of at least 4 members (excludes halogenated alkanes) is 1. The van der Waals surface area contributed by atoms with Gasteiger partial charge < -0.3 is 5.11 Å². The summed E-state index contributed by atoms with van der Waals surface area (Å²) in [6, 6.07) is 11.8. The first-order valence-electron chi connectivity index (χ1n) is 9.43. The third-order valence-electron chi connectivity index (χ3n) is 5.91. The molecule has 2 atom stereocenters. The molecule has 2 aliphatic rings. The summed E-state index contributed by atoms with van der Waals surface area (Å²) in [7, 11) is 0. The van der Waals surface area contributed by atoms with Crippen molar-refractivity contribution in [2.24, 2.45) is 0 Å². The molecule has 0 spiro atoms. The Morgan fingerprint density at radius 3 is 2.80 bits per heavy atom. The summed E-state index contributed by atoms with van der Waals surface area (Å²) in [6.45, 7) is 6.71. The van der Waals surface area contributed by atoms with Gasteiger partial charge in [-0.05, 0) is 89.7 Å². The van der Waals surface area contributed by atoms with Gasteiger partial charge in [0.05, 0.1) is 3.57 Å². The number of rotatable bonds is 3. The fourth-order valence-electron chi connectivity index (χ4n) is 4.69. The van der Waals surface area contributed by atoms with Crippen molar-refractivity contribution >= 4 is 22.6 Å². The quantitative estimate of drug-likeness (QED) is 0.640. The zero-order valence-corrected chi connectivity index (χ0v) is 17.2. The number of fused-ring (bicyclic) bond motifs is 5. The molecule has 2 aromatic carbocycles. The van der Waals surface area contributed by atoms with Gasteiger partial charge in [0.15, 0.2) is 0 Å². The second-order valence-corrected chi connectivity index (χ2v) is 8.77. The molecule has 0 bridgehead atoms. The smallest absolute Gasteiger partial charge is 0.129 e. The Hall–Kier alpha value is -1.07. The third kappa shape index (κ3) is 3.10. The van der Waals surface area contributed by atoms with Crippen molar-refractivity contribution in [2.75, 3.05) is 6.54 Å². The summed E-state index contributed by atoms with van der Waals surface area (Å²) in [5.74, 6) is 0.826. The number of hydrogen-bond acceptors (Lipinski definition) is 2. The lowest BCUT2D eigenvalue weighted by molar-refractivity contribution is 0.139. The van der Waals surface area contributed by atoms with Gasteiger partial charge in [0.2, 0.25) is 0 Å². The van der Waals surface area contributed by atoms with Crippen LogP contribution in [0, 0.1) is 10.5 Å². The van der Waals surface area contributed by atoms with Crippen molar-refractivity contribution in [1.82, 2.24) is 4.90 Å². The SMILES string of the molecule is CCCCN1Cc2cc(C)ccc2[C@H]2c3cc(O)c(I)cc3CC[C@@H]21. The third-order valence-corrected chi connectivity index (χ3v) is 6.78. The zero-order valence-electron chi connectivity index (χ0n) is 15.1. The molecule has 4 rings (SSSR count). The van der Waals surface area contributed by atoms with E-state index in [-0.39, 0.29) is 0 Å². The van der Waals surface area contributed by atoms with Crippen LogP contribution in [-0.4, -0.2) is 22.6 Å². The lowest BCUT2D eigenvalue weighted by atomic mass is 9.71. The molecule has 1 aliphatic carbocycles. The average Bonchev–Trinajstić information content (AvgIpc) is 2.60. The monoisotopic (exact) mass is 447 g/mol.